The van der Waals surface area contributed by atoms with Gasteiger partial charge in [0.1, 0.15) is 36.4 Å². The number of hydrogen-bond acceptors (Lipinski definition) is 8. The number of rotatable bonds is 13. The van der Waals surface area contributed by atoms with Crippen molar-refractivity contribution in [3.8, 4) is 0 Å². The van der Waals surface area contributed by atoms with E-state index in [2.05, 4.69) is 23.5 Å². The molecule has 1 N–H and O–H groups in total. The van der Waals surface area contributed by atoms with Gasteiger partial charge in [-0.1, -0.05) is 56.8 Å². The van der Waals surface area contributed by atoms with Crippen molar-refractivity contribution in [2.24, 2.45) is 17.8 Å². The normalized spacial score (nSPS) is 28.7. The van der Waals surface area contributed by atoms with Crippen molar-refractivity contribution in [3.63, 3.8) is 0 Å². The molecule has 11 heteroatoms. The van der Waals surface area contributed by atoms with Crippen molar-refractivity contribution < 1.29 is 29.0 Å². The highest BCUT2D eigenvalue weighted by Crippen LogP contribution is 2.65. The van der Waals surface area contributed by atoms with E-state index in [0.717, 1.165) is 5.52 Å². The Bertz CT molecular complexity index is 1370. The second kappa shape index (κ2) is 11.6. The van der Waals surface area contributed by atoms with Gasteiger partial charge in [0.25, 0.3) is 0 Å². The molecular weight excluding hydrogens is 538 g/mol. The number of nitrogens with zero attached hydrogens (tertiary/aromatic N) is 5. The summed E-state index contributed by atoms with van der Waals surface area (Å²) in [4.78, 5) is 45.8. The van der Waals surface area contributed by atoms with Crippen LogP contribution in [-0.4, -0.2) is 90.7 Å². The lowest BCUT2D eigenvalue weighted by atomic mass is 9.65. The molecule has 226 valence electrons. The molecule has 0 saturated carbocycles. The Morgan fingerprint density at radius 3 is 2.69 bits per heavy atom. The van der Waals surface area contributed by atoms with E-state index in [9.17, 15) is 19.5 Å². The van der Waals surface area contributed by atoms with Gasteiger partial charge in [0, 0.05) is 6.54 Å². The van der Waals surface area contributed by atoms with E-state index in [1.54, 1.807) is 15.7 Å². The van der Waals surface area contributed by atoms with Gasteiger partial charge in [-0.25, -0.2) is 4.68 Å². The summed E-state index contributed by atoms with van der Waals surface area (Å²) in [7, 11) is 0. The van der Waals surface area contributed by atoms with Crippen LogP contribution in [0.4, 0.5) is 0 Å². The van der Waals surface area contributed by atoms with Gasteiger partial charge in [0.2, 0.25) is 11.8 Å². The SMILES string of the molecule is C=CCOC(=O)[C@@H]1[C@H]2C(=O)N([C@@H](CO)CC(C)C)C(C(=O)N(CC=C)Cn3nnc4ccccc43)C23CC[C@@]1(CC)O3. The first-order valence-corrected chi connectivity index (χ1v) is 14.8. The molecule has 6 atom stereocenters. The van der Waals surface area contributed by atoms with Crippen molar-refractivity contribution in [3.05, 3.63) is 49.6 Å². The molecule has 3 saturated heterocycles. The summed E-state index contributed by atoms with van der Waals surface area (Å²) >= 11 is 0. The van der Waals surface area contributed by atoms with Crippen molar-refractivity contribution >= 4 is 28.8 Å². The first-order valence-electron chi connectivity index (χ1n) is 14.8. The third-order valence-electron chi connectivity index (χ3n) is 9.18. The molecular formula is C31H41N5O6. The number of aliphatic hydroxyl groups is 1. The molecule has 0 radical (unpaired) electrons. The number of carbonyl (C=O) groups is 3. The Balaban J connectivity index is 1.59. The zero-order chi connectivity index (χ0) is 30.2. The zero-order valence-corrected chi connectivity index (χ0v) is 24.6. The summed E-state index contributed by atoms with van der Waals surface area (Å²) in [5, 5.41) is 19.0. The first-order chi connectivity index (χ1) is 20.2. The molecule has 3 aliphatic heterocycles. The van der Waals surface area contributed by atoms with E-state index in [1.165, 1.54) is 11.0 Å². The van der Waals surface area contributed by atoms with Gasteiger partial charge >= 0.3 is 5.97 Å². The second-order valence-electron chi connectivity index (χ2n) is 12.0. The van der Waals surface area contributed by atoms with Crippen LogP contribution in [0.3, 0.4) is 0 Å². The number of aliphatic hydroxyl groups excluding tert-OH is 1. The Labute approximate surface area is 246 Å². The molecule has 2 bridgehead atoms. The largest absolute Gasteiger partial charge is 0.461 e. The summed E-state index contributed by atoms with van der Waals surface area (Å²) in [6.45, 7) is 13.4. The maximum absolute atomic E-state index is 14.8. The average Bonchev–Trinajstić information content (AvgIpc) is 3.71. The molecule has 3 aliphatic rings. The molecule has 3 fully saturated rings. The maximum atomic E-state index is 14.8. The number of carbonyl (C=O) groups excluding carboxylic acids is 3. The number of ether oxygens (including phenoxy) is 2. The third-order valence-corrected chi connectivity index (χ3v) is 9.18. The standard InChI is InChI=1S/C31H41N5O6/c1-6-15-34(19-35-23-12-10-9-11-22(23)32-33-35)28(39)26-31-14-13-30(8-3,42-31)25(29(40)41-16-7-2)24(31)27(38)36(26)21(18-37)17-20(4)5/h6-7,9-12,20-21,24-26,37H,1-2,8,13-19H2,3-5H3/t21-,24+,25+,26?,30-,31?/m1/s1. The van der Waals surface area contributed by atoms with Gasteiger partial charge < -0.3 is 24.4 Å². The van der Waals surface area contributed by atoms with Crippen LogP contribution >= 0.6 is 0 Å². The number of hydrogen-bond donors (Lipinski definition) is 1. The van der Waals surface area contributed by atoms with Crippen LogP contribution in [0, 0.1) is 17.8 Å². The van der Waals surface area contributed by atoms with Gasteiger partial charge in [-0.3, -0.25) is 14.4 Å². The third kappa shape index (κ3) is 4.63. The molecule has 11 nitrogen and oxygen atoms in total. The Morgan fingerprint density at radius 1 is 1.26 bits per heavy atom. The molecule has 4 heterocycles. The molecule has 0 aliphatic carbocycles. The quantitative estimate of drug-likeness (QED) is 0.284. The van der Waals surface area contributed by atoms with E-state index in [-0.39, 0.29) is 44.2 Å². The fraction of sp³-hybridized carbons (Fsp3) is 0.581. The lowest BCUT2D eigenvalue weighted by Crippen LogP contribution is -2.59. The van der Waals surface area contributed by atoms with Crippen molar-refractivity contribution in [1.29, 1.82) is 0 Å². The van der Waals surface area contributed by atoms with Crippen molar-refractivity contribution in [2.75, 3.05) is 19.8 Å². The van der Waals surface area contributed by atoms with Crippen LogP contribution in [-0.2, 0) is 30.5 Å². The predicted octanol–water partition coefficient (Wildman–Crippen LogP) is 2.69. The number of esters is 1. The monoisotopic (exact) mass is 579 g/mol. The van der Waals surface area contributed by atoms with Gasteiger partial charge in [-0.15, -0.1) is 11.7 Å². The lowest BCUT2D eigenvalue weighted by molar-refractivity contribution is -0.163. The maximum Gasteiger partial charge on any atom is 0.313 e. The minimum atomic E-state index is -1.24. The molecule has 5 rings (SSSR count). The van der Waals surface area contributed by atoms with E-state index >= 15 is 0 Å². The van der Waals surface area contributed by atoms with Crippen LogP contribution in [0.5, 0.6) is 0 Å². The van der Waals surface area contributed by atoms with E-state index < -0.39 is 41.1 Å². The fourth-order valence-electron chi connectivity index (χ4n) is 7.47. The van der Waals surface area contributed by atoms with E-state index in [1.807, 2.05) is 45.0 Å². The number of benzene rings is 1. The Kier molecular flexibility index (Phi) is 8.26. The predicted molar refractivity (Wildman–Crippen MR) is 155 cm³/mol. The second-order valence-corrected chi connectivity index (χ2v) is 12.0. The zero-order valence-electron chi connectivity index (χ0n) is 24.6. The summed E-state index contributed by atoms with van der Waals surface area (Å²) in [5.74, 6) is -2.85. The smallest absolute Gasteiger partial charge is 0.313 e. The number of para-hydroxylation sites is 1. The molecule has 2 aromatic rings. The van der Waals surface area contributed by atoms with Crippen LogP contribution in [0.1, 0.15) is 46.5 Å². The van der Waals surface area contributed by atoms with Crippen LogP contribution in [0.25, 0.3) is 11.0 Å². The molecule has 2 amide bonds. The molecule has 1 aromatic heterocycles. The summed E-state index contributed by atoms with van der Waals surface area (Å²) in [6.07, 6.45) is 5.03. The molecule has 42 heavy (non-hydrogen) atoms. The Morgan fingerprint density at radius 2 is 2.02 bits per heavy atom. The van der Waals surface area contributed by atoms with Crippen molar-refractivity contribution in [1.82, 2.24) is 24.8 Å². The fourth-order valence-corrected chi connectivity index (χ4v) is 7.47. The highest BCUT2D eigenvalue weighted by molar-refractivity contribution is 5.98. The summed E-state index contributed by atoms with van der Waals surface area (Å²) in [6, 6.07) is 5.79. The van der Waals surface area contributed by atoms with Crippen LogP contribution < -0.4 is 0 Å². The lowest BCUT2D eigenvalue weighted by Gasteiger charge is -2.40. The molecule has 1 aromatic carbocycles. The number of aromatic nitrogens is 3. The number of fused-ring (bicyclic) bond motifs is 2. The topological polar surface area (TPSA) is 127 Å². The summed E-state index contributed by atoms with van der Waals surface area (Å²) < 4.78 is 14.0. The van der Waals surface area contributed by atoms with Gasteiger partial charge in [-0.05, 0) is 43.7 Å². The first kappa shape index (κ1) is 29.9. The summed E-state index contributed by atoms with van der Waals surface area (Å²) in [5.41, 5.74) is -0.700. The molecule has 1 spiro atoms. The molecule has 2 unspecified atom stereocenters. The highest BCUT2D eigenvalue weighted by Gasteiger charge is 2.79. The van der Waals surface area contributed by atoms with Gasteiger partial charge in [0.05, 0.1) is 29.7 Å². The minimum Gasteiger partial charge on any atom is -0.461 e. The van der Waals surface area contributed by atoms with Crippen LogP contribution in [0.2, 0.25) is 0 Å². The van der Waals surface area contributed by atoms with E-state index in [0.29, 0.717) is 31.2 Å². The van der Waals surface area contributed by atoms with Crippen molar-refractivity contribution in [2.45, 2.75) is 76.4 Å². The van der Waals surface area contributed by atoms with Crippen LogP contribution in [0.15, 0.2) is 49.6 Å². The number of likely N-dealkylation sites (tertiary alicyclic amines) is 1. The Hall–Kier alpha value is -3.57. The average molecular weight is 580 g/mol. The number of amides is 2. The van der Waals surface area contributed by atoms with Gasteiger partial charge in [-0.2, -0.15) is 0 Å². The van der Waals surface area contributed by atoms with Gasteiger partial charge in [0.15, 0.2) is 0 Å². The highest BCUT2D eigenvalue weighted by atomic mass is 16.6. The minimum absolute atomic E-state index is 0.0146. The van der Waals surface area contributed by atoms with E-state index in [4.69, 9.17) is 9.47 Å².